The van der Waals surface area contributed by atoms with Crippen molar-refractivity contribution >= 4 is 0 Å². The number of rotatable bonds is 5. The van der Waals surface area contributed by atoms with Crippen LogP contribution in [0.15, 0.2) is 24.5 Å². The van der Waals surface area contributed by atoms with Crippen molar-refractivity contribution in [1.29, 1.82) is 0 Å². The second kappa shape index (κ2) is 5.01. The number of aryl methyl sites for hydroxylation is 2. The Hall–Kier alpha value is -1.88. The minimum atomic E-state index is 0.673. The van der Waals surface area contributed by atoms with Crippen LogP contribution in [0.2, 0.25) is 0 Å². The number of ether oxygens (including phenoxy) is 1. The maximum Gasteiger partial charge on any atom is 0.217 e. The lowest BCUT2D eigenvalue weighted by Crippen LogP contribution is -2.16. The van der Waals surface area contributed by atoms with E-state index >= 15 is 0 Å². The van der Waals surface area contributed by atoms with Crippen LogP contribution in [-0.2, 0) is 13.6 Å². The van der Waals surface area contributed by atoms with Crippen molar-refractivity contribution in [3.8, 4) is 11.6 Å². The Labute approximate surface area is 112 Å². The Kier molecular flexibility index (Phi) is 3.21. The molecule has 0 spiro atoms. The number of nitrogens with zero attached hydrogens (tertiary/aromatic N) is 3. The molecule has 100 valence electrons. The topological polar surface area (TPSA) is 52.0 Å². The molecule has 1 saturated carbocycles. The van der Waals surface area contributed by atoms with Gasteiger partial charge in [0, 0.05) is 43.7 Å². The lowest BCUT2D eigenvalue weighted by molar-refractivity contribution is 0.423. The second-order valence-corrected chi connectivity index (χ2v) is 4.99. The van der Waals surface area contributed by atoms with Gasteiger partial charge >= 0.3 is 0 Å². The van der Waals surface area contributed by atoms with Gasteiger partial charge in [0.2, 0.25) is 5.88 Å². The largest absolute Gasteiger partial charge is 0.439 e. The summed E-state index contributed by atoms with van der Waals surface area (Å²) < 4.78 is 7.68. The SMILES string of the molecule is Cc1cc(Oc2ccncc2CNC2CC2)n(C)n1. The first-order chi connectivity index (χ1) is 9.22. The molecule has 1 aliphatic rings. The molecular weight excluding hydrogens is 240 g/mol. The molecule has 0 atom stereocenters. The van der Waals surface area contributed by atoms with E-state index < -0.39 is 0 Å². The van der Waals surface area contributed by atoms with Crippen LogP contribution in [0, 0.1) is 6.92 Å². The van der Waals surface area contributed by atoms with Crippen LogP contribution in [0.3, 0.4) is 0 Å². The van der Waals surface area contributed by atoms with Crippen LogP contribution in [-0.4, -0.2) is 20.8 Å². The summed E-state index contributed by atoms with van der Waals surface area (Å²) in [6, 6.07) is 4.50. The summed E-state index contributed by atoms with van der Waals surface area (Å²) in [6.45, 7) is 2.75. The second-order valence-electron chi connectivity index (χ2n) is 4.99. The average Bonchev–Trinajstić information content (AvgIpc) is 3.15. The first kappa shape index (κ1) is 12.2. The highest BCUT2D eigenvalue weighted by Gasteiger charge is 2.20. The molecule has 5 nitrogen and oxygen atoms in total. The molecule has 0 amide bonds. The first-order valence-corrected chi connectivity index (χ1v) is 6.57. The number of pyridine rings is 1. The lowest BCUT2D eigenvalue weighted by Gasteiger charge is -2.10. The highest BCUT2D eigenvalue weighted by Crippen LogP contribution is 2.26. The van der Waals surface area contributed by atoms with E-state index in [1.54, 1.807) is 10.9 Å². The smallest absolute Gasteiger partial charge is 0.217 e. The van der Waals surface area contributed by atoms with Crippen molar-refractivity contribution in [2.45, 2.75) is 32.4 Å². The van der Waals surface area contributed by atoms with E-state index in [2.05, 4.69) is 15.4 Å². The van der Waals surface area contributed by atoms with E-state index in [1.807, 2.05) is 32.3 Å². The third-order valence-electron chi connectivity index (χ3n) is 3.19. The van der Waals surface area contributed by atoms with E-state index in [1.165, 1.54) is 12.8 Å². The van der Waals surface area contributed by atoms with Crippen molar-refractivity contribution in [3.63, 3.8) is 0 Å². The van der Waals surface area contributed by atoms with Crippen molar-refractivity contribution in [1.82, 2.24) is 20.1 Å². The summed E-state index contributed by atoms with van der Waals surface area (Å²) >= 11 is 0. The van der Waals surface area contributed by atoms with E-state index in [0.717, 1.165) is 29.4 Å². The summed E-state index contributed by atoms with van der Waals surface area (Å²) in [4.78, 5) is 4.17. The Morgan fingerprint density at radius 2 is 2.32 bits per heavy atom. The third-order valence-corrected chi connectivity index (χ3v) is 3.19. The molecule has 2 heterocycles. The fourth-order valence-electron chi connectivity index (χ4n) is 1.98. The predicted molar refractivity (Wildman–Crippen MR) is 72.1 cm³/mol. The monoisotopic (exact) mass is 258 g/mol. The number of aromatic nitrogens is 3. The molecule has 0 bridgehead atoms. The Bertz CT molecular complexity index is 575. The number of hydrogen-bond acceptors (Lipinski definition) is 4. The maximum absolute atomic E-state index is 5.93. The van der Waals surface area contributed by atoms with Gasteiger partial charge in [-0.25, -0.2) is 4.68 Å². The molecule has 0 saturated heterocycles. The molecule has 2 aromatic heterocycles. The van der Waals surface area contributed by atoms with Crippen molar-refractivity contribution < 1.29 is 4.74 Å². The Morgan fingerprint density at radius 3 is 3.00 bits per heavy atom. The molecule has 3 rings (SSSR count). The summed E-state index contributed by atoms with van der Waals surface area (Å²) in [7, 11) is 1.88. The van der Waals surface area contributed by atoms with E-state index in [0.29, 0.717) is 6.04 Å². The first-order valence-electron chi connectivity index (χ1n) is 6.57. The summed E-state index contributed by atoms with van der Waals surface area (Å²) in [6.07, 6.45) is 6.15. The van der Waals surface area contributed by atoms with Crippen LogP contribution in [0.25, 0.3) is 0 Å². The molecular formula is C14H18N4O. The van der Waals surface area contributed by atoms with E-state index in [9.17, 15) is 0 Å². The molecule has 0 radical (unpaired) electrons. The Balaban J connectivity index is 1.77. The van der Waals surface area contributed by atoms with Gasteiger partial charge < -0.3 is 10.1 Å². The quantitative estimate of drug-likeness (QED) is 0.893. The van der Waals surface area contributed by atoms with Gasteiger partial charge in [-0.1, -0.05) is 0 Å². The standard InChI is InChI=1S/C14H18N4O/c1-10-7-14(18(2)17-10)19-13-5-6-15-8-11(13)9-16-12-3-4-12/h5-8,12,16H,3-4,9H2,1-2H3. The zero-order valence-corrected chi connectivity index (χ0v) is 11.3. The van der Waals surface area contributed by atoms with Crippen LogP contribution in [0.4, 0.5) is 0 Å². The van der Waals surface area contributed by atoms with Gasteiger partial charge in [0.05, 0.1) is 5.69 Å². The zero-order valence-electron chi connectivity index (χ0n) is 11.3. The molecule has 5 heteroatoms. The highest BCUT2D eigenvalue weighted by molar-refractivity contribution is 5.34. The van der Waals surface area contributed by atoms with Gasteiger partial charge in [0.1, 0.15) is 5.75 Å². The number of nitrogens with one attached hydrogen (secondary N) is 1. The molecule has 1 aliphatic carbocycles. The molecule has 2 aromatic rings. The van der Waals surface area contributed by atoms with Gasteiger partial charge in [-0.15, -0.1) is 0 Å². The molecule has 0 unspecified atom stereocenters. The number of hydrogen-bond donors (Lipinski definition) is 1. The molecule has 19 heavy (non-hydrogen) atoms. The summed E-state index contributed by atoms with van der Waals surface area (Å²) in [5.41, 5.74) is 2.03. The Morgan fingerprint density at radius 1 is 1.47 bits per heavy atom. The predicted octanol–water partition coefficient (Wildman–Crippen LogP) is 2.17. The summed E-state index contributed by atoms with van der Waals surface area (Å²) in [5.74, 6) is 1.59. The van der Waals surface area contributed by atoms with Gasteiger partial charge in [0.15, 0.2) is 0 Å². The lowest BCUT2D eigenvalue weighted by atomic mass is 10.2. The zero-order chi connectivity index (χ0) is 13.2. The highest BCUT2D eigenvalue weighted by atomic mass is 16.5. The summed E-state index contributed by atoms with van der Waals surface area (Å²) in [5, 5.41) is 7.76. The average molecular weight is 258 g/mol. The van der Waals surface area contributed by atoms with Crippen LogP contribution in [0.1, 0.15) is 24.1 Å². The van der Waals surface area contributed by atoms with Gasteiger partial charge in [-0.05, 0) is 25.8 Å². The minimum Gasteiger partial charge on any atom is -0.439 e. The minimum absolute atomic E-state index is 0.673. The molecule has 0 aliphatic heterocycles. The van der Waals surface area contributed by atoms with E-state index in [4.69, 9.17) is 4.74 Å². The molecule has 1 fully saturated rings. The third kappa shape index (κ3) is 2.93. The van der Waals surface area contributed by atoms with Crippen LogP contribution < -0.4 is 10.1 Å². The maximum atomic E-state index is 5.93. The van der Waals surface area contributed by atoms with Crippen molar-refractivity contribution in [2.75, 3.05) is 0 Å². The molecule has 1 N–H and O–H groups in total. The van der Waals surface area contributed by atoms with Gasteiger partial charge in [-0.3, -0.25) is 4.98 Å². The fraction of sp³-hybridized carbons (Fsp3) is 0.429. The van der Waals surface area contributed by atoms with Crippen molar-refractivity contribution in [2.24, 2.45) is 7.05 Å². The van der Waals surface area contributed by atoms with Crippen LogP contribution in [0.5, 0.6) is 11.6 Å². The van der Waals surface area contributed by atoms with Crippen LogP contribution >= 0.6 is 0 Å². The van der Waals surface area contributed by atoms with Gasteiger partial charge in [-0.2, -0.15) is 5.10 Å². The molecule has 0 aromatic carbocycles. The van der Waals surface area contributed by atoms with Crippen molar-refractivity contribution in [3.05, 3.63) is 35.8 Å². The van der Waals surface area contributed by atoms with E-state index in [-0.39, 0.29) is 0 Å². The normalized spacial score (nSPS) is 14.6. The fourth-order valence-corrected chi connectivity index (χ4v) is 1.98. The van der Waals surface area contributed by atoms with Gasteiger partial charge in [0.25, 0.3) is 0 Å².